The first-order valence-electron chi connectivity index (χ1n) is 8.75. The molecule has 27 heavy (non-hydrogen) atoms. The minimum Gasteiger partial charge on any atom is -0.378 e. The molecule has 0 fully saturated rings. The second kappa shape index (κ2) is 8.54. The Hall–Kier alpha value is -2.38. The predicted octanol–water partition coefficient (Wildman–Crippen LogP) is 2.71. The molecule has 7 heteroatoms. The molecule has 0 bridgehead atoms. The summed E-state index contributed by atoms with van der Waals surface area (Å²) in [4.78, 5) is 14.6. The maximum absolute atomic E-state index is 12.6. The van der Waals surface area contributed by atoms with Gasteiger partial charge in [0.15, 0.2) is 0 Å². The molecule has 0 spiro atoms. The highest BCUT2D eigenvalue weighted by Gasteiger charge is 2.23. The van der Waals surface area contributed by atoms with Crippen molar-refractivity contribution in [2.24, 2.45) is 0 Å². The van der Waals surface area contributed by atoms with Crippen LogP contribution in [0.25, 0.3) is 0 Å². The van der Waals surface area contributed by atoms with E-state index >= 15 is 0 Å². The molecule has 6 nitrogen and oxygen atoms in total. The van der Waals surface area contributed by atoms with Gasteiger partial charge in [0.05, 0.1) is 4.90 Å². The van der Waals surface area contributed by atoms with Crippen LogP contribution in [-0.2, 0) is 16.6 Å². The van der Waals surface area contributed by atoms with Crippen LogP contribution in [0.1, 0.15) is 29.8 Å². The van der Waals surface area contributed by atoms with Crippen molar-refractivity contribution in [1.82, 2.24) is 9.62 Å². The standard InChI is InChI=1S/C20H27N3O3S/c1-15(2)23(5)27(25,26)19-8-6-7-17(13-19)20(24)21-14-16-9-11-18(12-10-16)22(3)4/h6-13,15H,14H2,1-5H3,(H,21,24). The lowest BCUT2D eigenvalue weighted by Gasteiger charge is -2.21. The average Bonchev–Trinajstić information content (AvgIpc) is 2.65. The molecule has 0 saturated carbocycles. The highest BCUT2D eigenvalue weighted by molar-refractivity contribution is 7.89. The van der Waals surface area contributed by atoms with Gasteiger partial charge >= 0.3 is 0 Å². The van der Waals surface area contributed by atoms with Gasteiger partial charge in [-0.3, -0.25) is 4.79 Å². The molecule has 0 aliphatic carbocycles. The number of hydrogen-bond donors (Lipinski definition) is 1. The van der Waals surface area contributed by atoms with Crippen molar-refractivity contribution < 1.29 is 13.2 Å². The second-order valence-electron chi connectivity index (χ2n) is 6.89. The molecule has 0 aliphatic rings. The van der Waals surface area contributed by atoms with Gasteiger partial charge in [-0.2, -0.15) is 4.31 Å². The summed E-state index contributed by atoms with van der Waals surface area (Å²) in [6.45, 7) is 3.97. The van der Waals surface area contributed by atoms with Crippen LogP contribution >= 0.6 is 0 Å². The Labute approximate surface area is 161 Å². The number of amides is 1. The molecule has 0 saturated heterocycles. The molecule has 1 amide bonds. The Morgan fingerprint density at radius 1 is 1.04 bits per heavy atom. The van der Waals surface area contributed by atoms with E-state index in [9.17, 15) is 13.2 Å². The van der Waals surface area contributed by atoms with E-state index in [2.05, 4.69) is 5.32 Å². The van der Waals surface area contributed by atoms with Gasteiger partial charge < -0.3 is 10.2 Å². The molecule has 0 atom stereocenters. The second-order valence-corrected chi connectivity index (χ2v) is 8.88. The van der Waals surface area contributed by atoms with Gasteiger partial charge in [0, 0.05) is 45.0 Å². The molecule has 0 unspecified atom stereocenters. The number of carbonyl (C=O) groups is 1. The van der Waals surface area contributed by atoms with Crippen LogP contribution in [0, 0.1) is 0 Å². The van der Waals surface area contributed by atoms with Gasteiger partial charge in [-0.1, -0.05) is 18.2 Å². The van der Waals surface area contributed by atoms with Crippen LogP contribution < -0.4 is 10.2 Å². The van der Waals surface area contributed by atoms with Gasteiger partial charge in [-0.05, 0) is 49.7 Å². The lowest BCUT2D eigenvalue weighted by atomic mass is 10.1. The van der Waals surface area contributed by atoms with Crippen molar-refractivity contribution in [3.63, 3.8) is 0 Å². The summed E-state index contributed by atoms with van der Waals surface area (Å²) < 4.78 is 26.5. The number of nitrogens with zero attached hydrogens (tertiary/aromatic N) is 2. The lowest BCUT2D eigenvalue weighted by molar-refractivity contribution is 0.0950. The molecule has 2 aromatic rings. The van der Waals surface area contributed by atoms with Crippen molar-refractivity contribution in [2.75, 3.05) is 26.0 Å². The maximum atomic E-state index is 12.6. The first-order chi connectivity index (χ1) is 12.6. The van der Waals surface area contributed by atoms with E-state index in [0.717, 1.165) is 11.3 Å². The van der Waals surface area contributed by atoms with E-state index in [0.29, 0.717) is 12.1 Å². The van der Waals surface area contributed by atoms with Crippen LogP contribution in [0.3, 0.4) is 0 Å². The zero-order chi connectivity index (χ0) is 20.2. The van der Waals surface area contributed by atoms with Crippen molar-refractivity contribution in [1.29, 1.82) is 0 Å². The summed E-state index contributed by atoms with van der Waals surface area (Å²) in [6, 6.07) is 13.8. The third kappa shape index (κ3) is 5.08. The number of sulfonamides is 1. The van der Waals surface area contributed by atoms with E-state index in [-0.39, 0.29) is 16.8 Å². The van der Waals surface area contributed by atoms with Crippen molar-refractivity contribution in [3.05, 3.63) is 59.7 Å². The van der Waals surface area contributed by atoms with Crippen molar-refractivity contribution in [2.45, 2.75) is 31.3 Å². The summed E-state index contributed by atoms with van der Waals surface area (Å²) in [5.74, 6) is -0.309. The zero-order valence-corrected chi connectivity index (χ0v) is 17.2. The topological polar surface area (TPSA) is 69.7 Å². The van der Waals surface area contributed by atoms with E-state index in [1.807, 2.05) is 43.3 Å². The van der Waals surface area contributed by atoms with E-state index in [1.54, 1.807) is 26.0 Å². The Bertz CT molecular complexity index is 891. The number of nitrogens with one attached hydrogen (secondary N) is 1. The lowest BCUT2D eigenvalue weighted by Crippen LogP contribution is -2.33. The molecule has 1 N–H and O–H groups in total. The smallest absolute Gasteiger partial charge is 0.251 e. The largest absolute Gasteiger partial charge is 0.378 e. The molecule has 0 aromatic heterocycles. The van der Waals surface area contributed by atoms with Crippen LogP contribution in [0.15, 0.2) is 53.4 Å². The number of rotatable bonds is 7. The fraction of sp³-hybridized carbons (Fsp3) is 0.350. The van der Waals surface area contributed by atoms with Crippen molar-refractivity contribution in [3.8, 4) is 0 Å². The fourth-order valence-corrected chi connectivity index (χ4v) is 3.85. The summed E-state index contributed by atoms with van der Waals surface area (Å²) >= 11 is 0. The van der Waals surface area contributed by atoms with Crippen LogP contribution in [0.5, 0.6) is 0 Å². The number of carbonyl (C=O) groups excluding carboxylic acids is 1. The molecule has 0 heterocycles. The van der Waals surface area contributed by atoms with E-state index in [4.69, 9.17) is 0 Å². The quantitative estimate of drug-likeness (QED) is 0.790. The SMILES string of the molecule is CC(C)N(C)S(=O)(=O)c1cccc(C(=O)NCc2ccc(N(C)C)cc2)c1. The Morgan fingerprint density at radius 2 is 1.67 bits per heavy atom. The van der Waals surface area contributed by atoms with Gasteiger partial charge in [0.25, 0.3) is 5.91 Å². The molecule has 146 valence electrons. The third-order valence-electron chi connectivity index (χ3n) is 4.41. The minimum atomic E-state index is -3.63. The fourth-order valence-electron chi connectivity index (χ4n) is 2.44. The highest BCUT2D eigenvalue weighted by atomic mass is 32.2. The summed E-state index contributed by atoms with van der Waals surface area (Å²) in [5, 5.41) is 2.83. The Kier molecular flexibility index (Phi) is 6.62. The first-order valence-corrected chi connectivity index (χ1v) is 10.2. The normalized spacial score (nSPS) is 11.7. The van der Waals surface area contributed by atoms with E-state index < -0.39 is 10.0 Å². The molecule has 0 radical (unpaired) electrons. The molecule has 2 rings (SSSR count). The van der Waals surface area contributed by atoms with Gasteiger partial charge in [0.1, 0.15) is 0 Å². The summed E-state index contributed by atoms with van der Waals surface area (Å²) in [5.41, 5.74) is 2.37. The zero-order valence-electron chi connectivity index (χ0n) is 16.4. The predicted molar refractivity (Wildman–Crippen MR) is 108 cm³/mol. The van der Waals surface area contributed by atoms with Gasteiger partial charge in [0.2, 0.25) is 10.0 Å². The maximum Gasteiger partial charge on any atom is 0.251 e. The molecular formula is C20H27N3O3S. The number of anilines is 1. The van der Waals surface area contributed by atoms with Crippen LogP contribution in [0.4, 0.5) is 5.69 Å². The summed E-state index contributed by atoms with van der Waals surface area (Å²) in [6.07, 6.45) is 0. The first kappa shape index (κ1) is 20.9. The summed E-state index contributed by atoms with van der Waals surface area (Å²) in [7, 11) is 1.84. The van der Waals surface area contributed by atoms with Crippen molar-refractivity contribution >= 4 is 21.6 Å². The third-order valence-corrected chi connectivity index (χ3v) is 6.44. The highest BCUT2D eigenvalue weighted by Crippen LogP contribution is 2.18. The van der Waals surface area contributed by atoms with Crippen LogP contribution in [-0.4, -0.2) is 45.8 Å². The van der Waals surface area contributed by atoms with E-state index in [1.165, 1.54) is 23.5 Å². The monoisotopic (exact) mass is 389 g/mol. The molecule has 2 aromatic carbocycles. The molecular weight excluding hydrogens is 362 g/mol. The number of benzene rings is 2. The van der Waals surface area contributed by atoms with Gasteiger partial charge in [-0.25, -0.2) is 8.42 Å². The Morgan fingerprint density at radius 3 is 2.22 bits per heavy atom. The Balaban J connectivity index is 2.11. The average molecular weight is 390 g/mol. The molecule has 0 aliphatic heterocycles. The van der Waals surface area contributed by atoms with Crippen LogP contribution in [0.2, 0.25) is 0 Å². The minimum absolute atomic E-state index is 0.113. The van der Waals surface area contributed by atoms with Gasteiger partial charge in [-0.15, -0.1) is 0 Å². The number of hydrogen-bond acceptors (Lipinski definition) is 4.